The van der Waals surface area contributed by atoms with E-state index in [0.717, 1.165) is 33.6 Å². The van der Waals surface area contributed by atoms with Crippen molar-refractivity contribution in [3.63, 3.8) is 0 Å². The third-order valence-electron chi connectivity index (χ3n) is 3.75. The Hall–Kier alpha value is -2.04. The zero-order valence-corrected chi connectivity index (χ0v) is 14.4. The summed E-state index contributed by atoms with van der Waals surface area (Å²) in [6.45, 7) is 2.06. The molecule has 3 aromatic rings. The Morgan fingerprint density at radius 1 is 1.17 bits per heavy atom. The molecule has 0 atom stereocenters. The number of aromatic hydroxyl groups is 1. The van der Waals surface area contributed by atoms with E-state index in [1.165, 1.54) is 11.5 Å². The van der Waals surface area contributed by atoms with Gasteiger partial charge in [0.15, 0.2) is 0 Å². The molecular formula is C18H16ClNO2S. The number of halogens is 1. The number of nitrogens with zero attached hydrogens (tertiary/aromatic N) is 1. The Morgan fingerprint density at radius 2 is 1.91 bits per heavy atom. The SMILES string of the molecule is CCc1cc(-c2sncc2-c2ccc(Cl)cc2)c(O)cc1OC. The smallest absolute Gasteiger partial charge is 0.128 e. The standard InChI is InChI=1S/C18H16ClNO2S/c1-3-11-8-14(16(21)9-17(11)22-2)18-15(10-20-23-18)12-4-6-13(19)7-5-12/h4-10,21H,3H2,1-2H3. The Bertz CT molecular complexity index is 828. The minimum atomic E-state index is 0.193. The monoisotopic (exact) mass is 345 g/mol. The van der Waals surface area contributed by atoms with Gasteiger partial charge in [-0.15, -0.1) is 0 Å². The molecule has 0 aliphatic carbocycles. The summed E-state index contributed by atoms with van der Waals surface area (Å²) >= 11 is 7.33. The lowest BCUT2D eigenvalue weighted by Crippen LogP contribution is -1.92. The van der Waals surface area contributed by atoms with Crippen molar-refractivity contribution in [1.82, 2.24) is 4.37 Å². The molecule has 0 saturated heterocycles. The van der Waals surface area contributed by atoms with Crippen LogP contribution in [-0.4, -0.2) is 16.6 Å². The highest BCUT2D eigenvalue weighted by Crippen LogP contribution is 2.42. The number of hydrogen-bond acceptors (Lipinski definition) is 4. The van der Waals surface area contributed by atoms with E-state index in [2.05, 4.69) is 11.3 Å². The Labute approximate surface area is 144 Å². The average Bonchev–Trinajstić information content (AvgIpc) is 3.04. The summed E-state index contributed by atoms with van der Waals surface area (Å²) in [6, 6.07) is 11.3. The van der Waals surface area contributed by atoms with Gasteiger partial charge in [0, 0.05) is 28.4 Å². The van der Waals surface area contributed by atoms with Crippen LogP contribution in [0.4, 0.5) is 0 Å². The van der Waals surface area contributed by atoms with Gasteiger partial charge in [-0.05, 0) is 47.3 Å². The lowest BCUT2D eigenvalue weighted by molar-refractivity contribution is 0.403. The fourth-order valence-electron chi connectivity index (χ4n) is 2.53. The first kappa shape index (κ1) is 15.8. The van der Waals surface area contributed by atoms with Crippen molar-refractivity contribution in [1.29, 1.82) is 0 Å². The van der Waals surface area contributed by atoms with Crippen LogP contribution in [0.15, 0.2) is 42.6 Å². The molecule has 0 amide bonds. The van der Waals surface area contributed by atoms with Gasteiger partial charge in [0.2, 0.25) is 0 Å². The van der Waals surface area contributed by atoms with Gasteiger partial charge in [-0.3, -0.25) is 0 Å². The topological polar surface area (TPSA) is 42.4 Å². The van der Waals surface area contributed by atoms with E-state index in [-0.39, 0.29) is 5.75 Å². The van der Waals surface area contributed by atoms with Crippen LogP contribution in [0.5, 0.6) is 11.5 Å². The van der Waals surface area contributed by atoms with Crippen molar-refractivity contribution in [2.24, 2.45) is 0 Å². The summed E-state index contributed by atoms with van der Waals surface area (Å²) in [5, 5.41) is 11.1. The molecule has 0 bridgehead atoms. The van der Waals surface area contributed by atoms with E-state index < -0.39 is 0 Å². The molecule has 0 spiro atoms. The fraction of sp³-hybridized carbons (Fsp3) is 0.167. The first-order valence-corrected chi connectivity index (χ1v) is 8.40. The molecule has 0 unspecified atom stereocenters. The van der Waals surface area contributed by atoms with Gasteiger partial charge in [0.1, 0.15) is 11.5 Å². The highest BCUT2D eigenvalue weighted by molar-refractivity contribution is 7.10. The van der Waals surface area contributed by atoms with Gasteiger partial charge in [-0.2, -0.15) is 4.37 Å². The first-order valence-electron chi connectivity index (χ1n) is 7.25. The second-order valence-electron chi connectivity index (χ2n) is 5.11. The molecule has 5 heteroatoms. The normalized spacial score (nSPS) is 10.7. The van der Waals surface area contributed by atoms with Crippen molar-refractivity contribution < 1.29 is 9.84 Å². The highest BCUT2D eigenvalue weighted by Gasteiger charge is 2.16. The Kier molecular flexibility index (Phi) is 4.55. The molecule has 2 aromatic carbocycles. The zero-order valence-electron chi connectivity index (χ0n) is 12.8. The van der Waals surface area contributed by atoms with Gasteiger partial charge in [-0.25, -0.2) is 0 Å². The minimum absolute atomic E-state index is 0.193. The first-order chi connectivity index (χ1) is 11.1. The zero-order chi connectivity index (χ0) is 16.4. The fourth-order valence-corrected chi connectivity index (χ4v) is 3.45. The largest absolute Gasteiger partial charge is 0.507 e. The van der Waals surface area contributed by atoms with E-state index in [1.54, 1.807) is 13.2 Å². The van der Waals surface area contributed by atoms with Crippen LogP contribution in [-0.2, 0) is 6.42 Å². The predicted octanol–water partition coefficient (Wildman–Crippen LogP) is 5.41. The number of rotatable bonds is 4. The van der Waals surface area contributed by atoms with Crippen LogP contribution in [0.25, 0.3) is 21.6 Å². The molecule has 1 aromatic heterocycles. The number of phenols is 1. The molecule has 0 saturated carbocycles. The van der Waals surface area contributed by atoms with E-state index in [1.807, 2.05) is 36.5 Å². The summed E-state index contributed by atoms with van der Waals surface area (Å²) in [5.74, 6) is 0.893. The van der Waals surface area contributed by atoms with Crippen molar-refractivity contribution in [2.45, 2.75) is 13.3 Å². The number of aryl methyl sites for hydroxylation is 1. The second kappa shape index (κ2) is 6.60. The molecule has 1 heterocycles. The van der Waals surface area contributed by atoms with E-state index in [0.29, 0.717) is 10.8 Å². The average molecular weight is 346 g/mol. The maximum absolute atomic E-state index is 10.4. The summed E-state index contributed by atoms with van der Waals surface area (Å²) < 4.78 is 9.63. The number of ether oxygens (including phenoxy) is 1. The van der Waals surface area contributed by atoms with E-state index in [4.69, 9.17) is 16.3 Å². The Morgan fingerprint density at radius 3 is 2.57 bits per heavy atom. The molecule has 0 fully saturated rings. The Balaban J connectivity index is 2.13. The molecule has 1 N–H and O–H groups in total. The van der Waals surface area contributed by atoms with Crippen LogP contribution in [0.1, 0.15) is 12.5 Å². The molecule has 0 aliphatic heterocycles. The van der Waals surface area contributed by atoms with E-state index in [9.17, 15) is 5.11 Å². The summed E-state index contributed by atoms with van der Waals surface area (Å²) in [7, 11) is 1.61. The maximum atomic E-state index is 10.4. The van der Waals surface area contributed by atoms with Crippen LogP contribution >= 0.6 is 23.1 Å². The lowest BCUT2D eigenvalue weighted by Gasteiger charge is -2.12. The van der Waals surface area contributed by atoms with Crippen LogP contribution in [0.3, 0.4) is 0 Å². The summed E-state index contributed by atoms with van der Waals surface area (Å²) in [5.41, 5.74) is 3.83. The maximum Gasteiger partial charge on any atom is 0.128 e. The summed E-state index contributed by atoms with van der Waals surface area (Å²) in [6.07, 6.45) is 2.64. The second-order valence-corrected chi connectivity index (χ2v) is 6.35. The quantitative estimate of drug-likeness (QED) is 0.687. The number of hydrogen-bond donors (Lipinski definition) is 1. The van der Waals surface area contributed by atoms with Gasteiger partial charge in [0.05, 0.1) is 12.0 Å². The predicted molar refractivity (Wildman–Crippen MR) is 95.6 cm³/mol. The van der Waals surface area contributed by atoms with Crippen molar-refractivity contribution in [3.05, 3.63) is 53.2 Å². The third kappa shape index (κ3) is 3.05. The number of benzene rings is 2. The molecular weight excluding hydrogens is 330 g/mol. The molecule has 3 nitrogen and oxygen atoms in total. The third-order valence-corrected chi connectivity index (χ3v) is 4.84. The van der Waals surface area contributed by atoms with Gasteiger partial charge < -0.3 is 9.84 Å². The molecule has 0 radical (unpaired) electrons. The molecule has 23 heavy (non-hydrogen) atoms. The number of methoxy groups -OCH3 is 1. The van der Waals surface area contributed by atoms with Crippen molar-refractivity contribution in [2.75, 3.05) is 7.11 Å². The van der Waals surface area contributed by atoms with Gasteiger partial charge in [0.25, 0.3) is 0 Å². The van der Waals surface area contributed by atoms with Crippen LogP contribution in [0.2, 0.25) is 5.02 Å². The minimum Gasteiger partial charge on any atom is -0.507 e. The number of phenolic OH excluding ortho intramolecular Hbond substituents is 1. The van der Waals surface area contributed by atoms with Crippen molar-refractivity contribution >= 4 is 23.1 Å². The summed E-state index contributed by atoms with van der Waals surface area (Å²) in [4.78, 5) is 0.933. The highest BCUT2D eigenvalue weighted by atomic mass is 35.5. The van der Waals surface area contributed by atoms with Crippen LogP contribution in [0, 0.1) is 0 Å². The number of aromatic nitrogens is 1. The van der Waals surface area contributed by atoms with Gasteiger partial charge >= 0.3 is 0 Å². The molecule has 0 aliphatic rings. The van der Waals surface area contributed by atoms with Crippen LogP contribution < -0.4 is 4.74 Å². The lowest BCUT2D eigenvalue weighted by atomic mass is 10.00. The van der Waals surface area contributed by atoms with Crippen molar-refractivity contribution in [3.8, 4) is 33.1 Å². The molecule has 3 rings (SSSR count). The van der Waals surface area contributed by atoms with E-state index >= 15 is 0 Å². The molecule has 118 valence electrons. The van der Waals surface area contributed by atoms with Gasteiger partial charge in [-0.1, -0.05) is 30.7 Å².